The molecule has 0 fully saturated rings. The van der Waals surface area contributed by atoms with E-state index in [1.807, 2.05) is 44.4 Å². The normalized spacial score (nSPS) is 12.3. The van der Waals surface area contributed by atoms with E-state index in [9.17, 15) is 57.5 Å². The van der Waals surface area contributed by atoms with Crippen LogP contribution in [0.25, 0.3) is 0 Å². The second-order valence-corrected chi connectivity index (χ2v) is 44.0. The van der Waals surface area contributed by atoms with E-state index in [1.165, 1.54) is 166 Å². The van der Waals surface area contributed by atoms with Crippen molar-refractivity contribution in [3.05, 3.63) is 0 Å². The van der Waals surface area contributed by atoms with Crippen LogP contribution in [0.1, 0.15) is 333 Å². The topological polar surface area (TPSA) is 329 Å². The fraction of sp³-hybridized carbons (Fsp3) is 0.821. The summed E-state index contributed by atoms with van der Waals surface area (Å²) in [5.74, 6) is 15.5. The van der Waals surface area contributed by atoms with Crippen LogP contribution in [-0.2, 0) is 114 Å². The fourth-order valence-electron chi connectivity index (χ4n) is 14.6. The zero-order valence-electron chi connectivity index (χ0n) is 91.6. The van der Waals surface area contributed by atoms with E-state index in [2.05, 4.69) is 85.2 Å². The monoisotopic (exact) mass is 2170 g/mol. The largest absolute Gasteiger partial charge is 0.462 e. The molecule has 0 amide bonds. The van der Waals surface area contributed by atoms with Crippen molar-refractivity contribution in [2.45, 2.75) is 333 Å². The summed E-state index contributed by atoms with van der Waals surface area (Å²) in [5.41, 5.74) is 0. The molecule has 0 aromatic rings. The Labute approximate surface area is 906 Å². The van der Waals surface area contributed by atoms with Gasteiger partial charge in [0.25, 0.3) is 0 Å². The number of rotatable bonds is 102. The highest BCUT2D eigenvalue weighted by molar-refractivity contribution is 8.04. The molecule has 34 heteroatoms. The molecule has 146 heavy (non-hydrogen) atoms. The Balaban J connectivity index is 7.17. The Kier molecular flexibility index (Phi) is 98.9. The molecule has 6 atom stereocenters. The highest BCUT2D eigenvalue weighted by atomic mass is 32.2. The van der Waals surface area contributed by atoms with E-state index < -0.39 is 47.7 Å². The second kappa shape index (κ2) is 103. The van der Waals surface area contributed by atoms with Crippen LogP contribution in [0.4, 0.5) is 0 Å². The third-order valence-corrected chi connectivity index (χ3v) is 31.2. The minimum atomic E-state index is -0.563. The smallest absolute Gasteiger partial charge is 0.309 e. The number of thioether (sulfide) groups is 6. The average Bonchev–Trinajstić information content (AvgIpc) is 0.941. The van der Waals surface area contributed by atoms with E-state index in [0.29, 0.717) is 99.5 Å². The number of ether oxygens (including phenoxy) is 12. The molecule has 0 radical (unpaired) electrons. The summed E-state index contributed by atoms with van der Waals surface area (Å²) < 4.78 is 66.6. The van der Waals surface area contributed by atoms with Gasteiger partial charge in [0, 0.05) is 73.8 Å². The molecule has 0 spiro atoms. The predicted octanol–water partition coefficient (Wildman–Crippen LogP) is 20.2. The number of esters is 12. The van der Waals surface area contributed by atoms with Crippen molar-refractivity contribution < 1.29 is 114 Å². The minimum Gasteiger partial charge on any atom is -0.462 e. The third-order valence-electron chi connectivity index (χ3n) is 23.7. The molecular formula is C112H190N4O24S6. The summed E-state index contributed by atoms with van der Waals surface area (Å²) in [6.07, 6.45) is 42.9. The predicted molar refractivity (Wildman–Crippen MR) is 597 cm³/mol. The summed E-state index contributed by atoms with van der Waals surface area (Å²) in [5, 5.41) is 2.79. The number of nitrogens with zero attached hydrogens (tertiary/aromatic N) is 4. The molecule has 0 N–H and O–H groups in total. The van der Waals surface area contributed by atoms with Crippen LogP contribution in [0.5, 0.6) is 0 Å². The lowest BCUT2D eigenvalue weighted by Gasteiger charge is -2.27. The van der Waals surface area contributed by atoms with Gasteiger partial charge in [-0.05, 0) is 167 Å². The molecule has 0 saturated heterocycles. The summed E-state index contributed by atoms with van der Waals surface area (Å²) in [7, 11) is 0. The van der Waals surface area contributed by atoms with Gasteiger partial charge in [0.1, 0.15) is 79.3 Å². The molecule has 0 aromatic carbocycles. The van der Waals surface area contributed by atoms with E-state index in [0.717, 1.165) is 67.3 Å². The Bertz CT molecular complexity index is 3560. The van der Waals surface area contributed by atoms with Gasteiger partial charge in [0.2, 0.25) is 0 Å². The van der Waals surface area contributed by atoms with E-state index >= 15 is 0 Å². The zero-order valence-corrected chi connectivity index (χ0v) is 96.5. The lowest BCUT2D eigenvalue weighted by molar-refractivity contribution is -0.154. The lowest BCUT2D eigenvalue weighted by atomic mass is 10.1. The first-order chi connectivity index (χ1) is 70.8. The van der Waals surface area contributed by atoms with Gasteiger partial charge in [-0.1, -0.05) is 248 Å². The molecule has 0 bridgehead atoms. The van der Waals surface area contributed by atoms with E-state index in [1.54, 1.807) is 65.7 Å². The maximum Gasteiger partial charge on any atom is 0.309 e. The second-order valence-electron chi connectivity index (χ2n) is 37.4. The molecular weight excluding hydrogens is 1980 g/mol. The minimum absolute atomic E-state index is 0.000233. The number of unbranched alkanes of at least 4 members (excludes halogenated alkanes) is 26. The SMILES string of the molecule is C#CC#CC#CC#CSCC(C)C(=O)OCCOC(=O)CCN(CCCN(CCCCN(CCCN(CCC(=O)OCCOC(=O)C(C)CSCCCCCCCC)CCC(=O)OCCOC(=O)C(C)CSCCCCCCCC)CCC(=O)OCCOC(=O)C(C)CSCCCCCCCC)CCC(=O)OCCOC(=O)C(C)CSCCCCCCCC)CCC(=O)OCCOC(=O)C(C)CSCCCCCCCC. The van der Waals surface area contributed by atoms with Crippen molar-refractivity contribution in [1.82, 2.24) is 19.6 Å². The summed E-state index contributed by atoms with van der Waals surface area (Å²) in [4.78, 5) is 167. The molecule has 0 saturated carbocycles. The molecule has 0 aliphatic rings. The Morgan fingerprint density at radius 1 is 0.212 bits per heavy atom. The van der Waals surface area contributed by atoms with Crippen LogP contribution in [0, 0.1) is 82.7 Å². The number of hydrogen-bond acceptors (Lipinski definition) is 34. The quantitative estimate of drug-likeness (QED) is 0.0236. The number of terminal acetylenes is 1. The van der Waals surface area contributed by atoms with Crippen LogP contribution in [-0.4, -0.2) is 312 Å². The number of carbonyl (C=O) groups excluding carboxylic acids is 12. The van der Waals surface area contributed by atoms with Crippen LogP contribution in [0.3, 0.4) is 0 Å². The fourth-order valence-corrected chi connectivity index (χ4v) is 20.5. The molecule has 0 rings (SSSR count). The van der Waals surface area contributed by atoms with Gasteiger partial charge in [0.05, 0.1) is 74.0 Å². The van der Waals surface area contributed by atoms with Crippen molar-refractivity contribution in [3.63, 3.8) is 0 Å². The first kappa shape index (κ1) is 140. The van der Waals surface area contributed by atoms with Crippen LogP contribution in [0.15, 0.2) is 0 Å². The van der Waals surface area contributed by atoms with Crippen molar-refractivity contribution in [3.8, 4) is 47.2 Å². The van der Waals surface area contributed by atoms with E-state index in [4.69, 9.17) is 63.3 Å². The molecule has 0 aliphatic carbocycles. The van der Waals surface area contributed by atoms with Crippen molar-refractivity contribution in [2.75, 3.05) is 221 Å². The molecule has 0 aliphatic heterocycles. The maximum absolute atomic E-state index is 13.7. The van der Waals surface area contributed by atoms with Crippen molar-refractivity contribution in [1.29, 1.82) is 0 Å². The van der Waals surface area contributed by atoms with Gasteiger partial charge >= 0.3 is 71.6 Å². The highest BCUT2D eigenvalue weighted by Gasteiger charge is 2.25. The van der Waals surface area contributed by atoms with Crippen LogP contribution >= 0.6 is 70.6 Å². The Morgan fingerprint density at radius 2 is 0.390 bits per heavy atom. The Morgan fingerprint density at radius 3 is 0.610 bits per heavy atom. The molecule has 0 aromatic heterocycles. The summed E-state index contributed by atoms with van der Waals surface area (Å²) in [6, 6.07) is 0. The first-order valence-corrected chi connectivity index (χ1v) is 61.9. The third kappa shape index (κ3) is 90.5. The summed E-state index contributed by atoms with van der Waals surface area (Å²) >= 11 is 9.86. The van der Waals surface area contributed by atoms with Gasteiger partial charge in [-0.2, -0.15) is 58.8 Å². The van der Waals surface area contributed by atoms with E-state index in [-0.39, 0.29) is 217 Å². The highest BCUT2D eigenvalue weighted by Crippen LogP contribution is 2.22. The van der Waals surface area contributed by atoms with Gasteiger partial charge in [-0.3, -0.25) is 57.5 Å². The Hall–Kier alpha value is -6.18. The maximum atomic E-state index is 13.7. The van der Waals surface area contributed by atoms with Gasteiger partial charge in [-0.25, -0.2) is 0 Å². The van der Waals surface area contributed by atoms with Gasteiger partial charge < -0.3 is 76.4 Å². The molecule has 28 nitrogen and oxygen atoms in total. The van der Waals surface area contributed by atoms with Crippen molar-refractivity contribution >= 4 is 142 Å². The summed E-state index contributed by atoms with van der Waals surface area (Å²) in [6.45, 7) is 24.3. The average molecular weight is 2170 g/mol. The van der Waals surface area contributed by atoms with Gasteiger partial charge in [0.15, 0.2) is 0 Å². The number of hydrogen-bond donors (Lipinski definition) is 0. The van der Waals surface area contributed by atoms with Crippen molar-refractivity contribution in [2.24, 2.45) is 35.5 Å². The standard InChI is InChI=1S/C112H190N4O24S6/c1-13-19-25-31-37-45-83-141-89-95(7)107(123)135-77-71-129-101(117)53-65-113(61-51-63-115(67-55-103(119)131-73-79-137-109(125)97(9)91-143-85-47-39-33-27-21-15-3)68-56-104(120)132-74-80-138-110(126)98(10)92-144-86-48-40-34-28-22-16-4)59-43-44-60-114(66-54-102(118)130-72-78-136-108(124)96(8)90-142-84-46-38-32-26-20-14-2)62-52-64-116(69-57-105(121)133-75-81-139-111(127)99(11)93-145-87-49-41-35-29-23-17-5)70-58-106(122)134-76-82-140-112(128)100(12)94-146-88-50-42-36-30-24-18-6/h3,95-100H,13-14,16-20,22-26,28-32,34-38,40-46,48-84,86-94H2,1-2,4-12H3. The number of carbonyl (C=O) groups is 12. The van der Waals surface area contributed by atoms with Crippen LogP contribution < -0.4 is 0 Å². The molecule has 838 valence electrons. The zero-order chi connectivity index (χ0) is 107. The molecule has 0 heterocycles. The van der Waals surface area contributed by atoms with Crippen LogP contribution in [0.2, 0.25) is 0 Å². The van der Waals surface area contributed by atoms with Gasteiger partial charge in [-0.15, -0.1) is 6.42 Å². The lowest BCUT2D eigenvalue weighted by Crippen LogP contribution is -2.36. The molecule has 6 unspecified atom stereocenters. The first-order valence-electron chi connectivity index (χ1n) is 55.1.